The second kappa shape index (κ2) is 8.96. The molecule has 0 bridgehead atoms. The quantitative estimate of drug-likeness (QED) is 0.800. The minimum Gasteiger partial charge on any atom is -0.493 e. The summed E-state index contributed by atoms with van der Waals surface area (Å²) in [7, 11) is 3.22. The maximum absolute atomic E-state index is 12.3. The molecule has 0 radical (unpaired) electrons. The van der Waals surface area contributed by atoms with Crippen LogP contribution in [0.5, 0.6) is 11.5 Å². The predicted molar refractivity (Wildman–Crippen MR) is 95.5 cm³/mol. The Morgan fingerprint density at radius 3 is 2.38 bits per heavy atom. The number of rotatable bonds is 8. The van der Waals surface area contributed by atoms with E-state index in [2.05, 4.69) is 12.2 Å². The fourth-order valence-electron chi connectivity index (χ4n) is 2.67. The number of methoxy groups -OCH3 is 2. The number of carbonyl (C=O) groups is 1. The van der Waals surface area contributed by atoms with E-state index >= 15 is 0 Å². The van der Waals surface area contributed by atoms with Crippen LogP contribution in [0.15, 0.2) is 48.5 Å². The third kappa shape index (κ3) is 4.75. The van der Waals surface area contributed by atoms with Crippen molar-refractivity contribution in [1.29, 1.82) is 0 Å². The lowest BCUT2D eigenvalue weighted by Gasteiger charge is -2.17. The zero-order valence-corrected chi connectivity index (χ0v) is 14.5. The molecule has 2 aromatic carbocycles. The van der Waals surface area contributed by atoms with Crippen LogP contribution in [0.25, 0.3) is 0 Å². The summed E-state index contributed by atoms with van der Waals surface area (Å²) in [5.74, 6) is 1.44. The van der Waals surface area contributed by atoms with Crippen LogP contribution >= 0.6 is 0 Å². The van der Waals surface area contributed by atoms with E-state index in [0.717, 1.165) is 17.5 Å². The lowest BCUT2D eigenvalue weighted by atomic mass is 10.0. The van der Waals surface area contributed by atoms with E-state index in [4.69, 9.17) is 9.47 Å². The molecule has 0 saturated heterocycles. The van der Waals surface area contributed by atoms with Crippen molar-refractivity contribution in [2.24, 2.45) is 0 Å². The Balaban J connectivity index is 1.93. The van der Waals surface area contributed by atoms with Gasteiger partial charge in [-0.2, -0.15) is 0 Å². The predicted octanol–water partition coefficient (Wildman–Crippen LogP) is 3.90. The highest BCUT2D eigenvalue weighted by Crippen LogP contribution is 2.28. The van der Waals surface area contributed by atoms with Crippen LogP contribution in [0.1, 0.15) is 36.9 Å². The first-order valence-corrected chi connectivity index (χ1v) is 8.23. The standard InChI is InChI=1S/C20H25NO3/c1-4-17(16-8-6-5-7-9-16)21-20(22)13-11-15-10-12-18(23-2)19(14-15)24-3/h5-10,12,14,17H,4,11,13H2,1-3H3,(H,21,22). The average Bonchev–Trinajstić information content (AvgIpc) is 2.64. The number of ether oxygens (including phenoxy) is 2. The van der Waals surface area contributed by atoms with Crippen molar-refractivity contribution >= 4 is 5.91 Å². The molecule has 0 heterocycles. The average molecular weight is 327 g/mol. The summed E-state index contributed by atoms with van der Waals surface area (Å²) in [5.41, 5.74) is 2.19. The third-order valence-electron chi connectivity index (χ3n) is 4.03. The summed E-state index contributed by atoms with van der Waals surface area (Å²) in [6, 6.07) is 15.9. The van der Waals surface area contributed by atoms with Gasteiger partial charge in [0, 0.05) is 6.42 Å². The van der Waals surface area contributed by atoms with Crippen LogP contribution in [-0.2, 0) is 11.2 Å². The van der Waals surface area contributed by atoms with Gasteiger partial charge in [0.15, 0.2) is 11.5 Å². The molecule has 0 saturated carbocycles. The molecular weight excluding hydrogens is 302 g/mol. The fourth-order valence-corrected chi connectivity index (χ4v) is 2.67. The molecular formula is C20H25NO3. The topological polar surface area (TPSA) is 47.6 Å². The summed E-state index contributed by atoms with van der Waals surface area (Å²) in [4.78, 5) is 12.3. The fraction of sp³-hybridized carbons (Fsp3) is 0.350. The highest BCUT2D eigenvalue weighted by molar-refractivity contribution is 5.76. The monoisotopic (exact) mass is 327 g/mol. The molecule has 0 aliphatic heterocycles. The minimum absolute atomic E-state index is 0.0560. The van der Waals surface area contributed by atoms with Crippen molar-refractivity contribution in [3.8, 4) is 11.5 Å². The van der Waals surface area contributed by atoms with Crippen molar-refractivity contribution in [3.05, 3.63) is 59.7 Å². The summed E-state index contributed by atoms with van der Waals surface area (Å²) in [6.45, 7) is 2.08. The molecule has 1 amide bonds. The van der Waals surface area contributed by atoms with Crippen LogP contribution < -0.4 is 14.8 Å². The molecule has 1 atom stereocenters. The molecule has 2 rings (SSSR count). The van der Waals surface area contributed by atoms with Gasteiger partial charge in [-0.15, -0.1) is 0 Å². The van der Waals surface area contributed by atoms with Gasteiger partial charge in [-0.05, 0) is 36.1 Å². The lowest BCUT2D eigenvalue weighted by molar-refractivity contribution is -0.121. The highest BCUT2D eigenvalue weighted by Gasteiger charge is 2.13. The van der Waals surface area contributed by atoms with E-state index in [1.54, 1.807) is 14.2 Å². The maximum atomic E-state index is 12.3. The Hall–Kier alpha value is -2.49. The molecule has 2 aromatic rings. The van der Waals surface area contributed by atoms with E-state index in [0.29, 0.717) is 24.3 Å². The molecule has 0 aliphatic rings. The zero-order valence-electron chi connectivity index (χ0n) is 14.5. The second-order valence-corrected chi connectivity index (χ2v) is 5.63. The molecule has 128 valence electrons. The van der Waals surface area contributed by atoms with E-state index in [-0.39, 0.29) is 11.9 Å². The molecule has 24 heavy (non-hydrogen) atoms. The SMILES string of the molecule is CCC(NC(=O)CCc1ccc(OC)c(OC)c1)c1ccccc1. The lowest BCUT2D eigenvalue weighted by Crippen LogP contribution is -2.28. The number of benzene rings is 2. The molecule has 0 aliphatic carbocycles. The highest BCUT2D eigenvalue weighted by atomic mass is 16.5. The molecule has 4 nitrogen and oxygen atoms in total. The van der Waals surface area contributed by atoms with Crippen LogP contribution in [-0.4, -0.2) is 20.1 Å². The number of hydrogen-bond donors (Lipinski definition) is 1. The van der Waals surface area contributed by atoms with Gasteiger partial charge in [-0.3, -0.25) is 4.79 Å². The summed E-state index contributed by atoms with van der Waals surface area (Å²) in [6.07, 6.45) is 1.97. The molecule has 1 N–H and O–H groups in total. The minimum atomic E-state index is 0.0560. The van der Waals surface area contributed by atoms with Gasteiger partial charge >= 0.3 is 0 Å². The molecule has 0 aromatic heterocycles. The second-order valence-electron chi connectivity index (χ2n) is 5.63. The zero-order chi connectivity index (χ0) is 17.4. The third-order valence-corrected chi connectivity index (χ3v) is 4.03. The van der Waals surface area contributed by atoms with E-state index in [1.807, 2.05) is 48.5 Å². The molecule has 0 spiro atoms. The van der Waals surface area contributed by atoms with Crippen molar-refractivity contribution in [2.75, 3.05) is 14.2 Å². The number of aryl methyl sites for hydroxylation is 1. The van der Waals surface area contributed by atoms with Crippen molar-refractivity contribution in [3.63, 3.8) is 0 Å². The Bertz CT molecular complexity index is 655. The maximum Gasteiger partial charge on any atom is 0.220 e. The van der Waals surface area contributed by atoms with Gasteiger partial charge in [0.1, 0.15) is 0 Å². The molecule has 4 heteroatoms. The molecule has 1 unspecified atom stereocenters. The Kier molecular flexibility index (Phi) is 6.67. The van der Waals surface area contributed by atoms with E-state index in [9.17, 15) is 4.79 Å². The van der Waals surface area contributed by atoms with Gasteiger partial charge in [-0.25, -0.2) is 0 Å². The number of amides is 1. The van der Waals surface area contributed by atoms with Crippen LogP contribution in [0, 0.1) is 0 Å². The van der Waals surface area contributed by atoms with Gasteiger partial charge in [0.2, 0.25) is 5.91 Å². The summed E-state index contributed by atoms with van der Waals surface area (Å²) in [5, 5.41) is 3.11. The number of carbonyl (C=O) groups excluding carboxylic acids is 1. The van der Waals surface area contributed by atoms with E-state index < -0.39 is 0 Å². The first-order chi connectivity index (χ1) is 11.7. The summed E-state index contributed by atoms with van der Waals surface area (Å²) < 4.78 is 10.5. The Labute approximate surface area is 143 Å². The van der Waals surface area contributed by atoms with E-state index in [1.165, 1.54) is 0 Å². The van der Waals surface area contributed by atoms with Crippen molar-refractivity contribution in [1.82, 2.24) is 5.32 Å². The first kappa shape index (κ1) is 17.9. The van der Waals surface area contributed by atoms with Crippen LogP contribution in [0.4, 0.5) is 0 Å². The number of hydrogen-bond acceptors (Lipinski definition) is 3. The first-order valence-electron chi connectivity index (χ1n) is 8.23. The Morgan fingerprint density at radius 1 is 1.04 bits per heavy atom. The smallest absolute Gasteiger partial charge is 0.220 e. The van der Waals surface area contributed by atoms with Gasteiger partial charge in [-0.1, -0.05) is 43.3 Å². The van der Waals surface area contributed by atoms with Crippen molar-refractivity contribution in [2.45, 2.75) is 32.2 Å². The van der Waals surface area contributed by atoms with Gasteiger partial charge in [0.25, 0.3) is 0 Å². The molecule has 0 fully saturated rings. The van der Waals surface area contributed by atoms with Gasteiger partial charge < -0.3 is 14.8 Å². The number of nitrogens with one attached hydrogen (secondary N) is 1. The van der Waals surface area contributed by atoms with Crippen LogP contribution in [0.2, 0.25) is 0 Å². The summed E-state index contributed by atoms with van der Waals surface area (Å²) >= 11 is 0. The largest absolute Gasteiger partial charge is 0.493 e. The van der Waals surface area contributed by atoms with Crippen molar-refractivity contribution < 1.29 is 14.3 Å². The van der Waals surface area contributed by atoms with Gasteiger partial charge in [0.05, 0.1) is 20.3 Å². The van der Waals surface area contributed by atoms with Crippen LogP contribution in [0.3, 0.4) is 0 Å². The normalized spacial score (nSPS) is 11.6. The Morgan fingerprint density at radius 2 is 1.75 bits per heavy atom.